The molecule has 0 amide bonds. The fourth-order valence-corrected chi connectivity index (χ4v) is 1.14. The second-order valence-electron chi connectivity index (χ2n) is 2.90. The molecule has 0 saturated heterocycles. The van der Waals surface area contributed by atoms with E-state index in [4.69, 9.17) is 5.73 Å². The van der Waals surface area contributed by atoms with Gasteiger partial charge in [0, 0.05) is 0 Å². The molecule has 0 bridgehead atoms. The van der Waals surface area contributed by atoms with Crippen molar-refractivity contribution >= 4 is 5.97 Å². The molecule has 1 aliphatic rings. The molecule has 0 aromatic rings. The highest BCUT2D eigenvalue weighted by Crippen LogP contribution is 2.15. The molecule has 0 aromatic heterocycles. The third-order valence-corrected chi connectivity index (χ3v) is 1.89. The minimum absolute atomic E-state index is 0.0312. The van der Waals surface area contributed by atoms with E-state index in [1.54, 1.807) is 0 Å². The fraction of sp³-hybridized carbons (Fsp3) is 0.727. The first-order valence-corrected chi connectivity index (χ1v) is 4.91. The van der Waals surface area contributed by atoms with Gasteiger partial charge in [-0.2, -0.15) is 0 Å². The zero-order valence-corrected chi connectivity index (χ0v) is 9.00. The predicted octanol–water partition coefficient (Wildman–Crippen LogP) is 1.71. The van der Waals surface area contributed by atoms with Gasteiger partial charge in [-0.1, -0.05) is 38.5 Å². The van der Waals surface area contributed by atoms with Gasteiger partial charge >= 0.3 is 5.97 Å². The Morgan fingerprint density at radius 2 is 1.43 bits per heavy atom. The number of carbonyl (C=O) groups is 1. The monoisotopic (exact) mass is 199 g/mol. The lowest BCUT2D eigenvalue weighted by Gasteiger charge is -2.05. The van der Waals surface area contributed by atoms with Crippen molar-refractivity contribution in [3.63, 3.8) is 0 Å². The molecule has 0 aromatic carbocycles. The molecular formula is C11H21NO2. The summed E-state index contributed by atoms with van der Waals surface area (Å²) in [5, 5.41) is 0. The topological polar surface area (TPSA) is 52.3 Å². The van der Waals surface area contributed by atoms with E-state index in [0.29, 0.717) is 0 Å². The second kappa shape index (κ2) is 14.5. The van der Waals surface area contributed by atoms with Crippen molar-refractivity contribution < 1.29 is 9.53 Å². The first kappa shape index (κ1) is 15.5. The maximum Gasteiger partial charge on any atom is 0.319 e. The van der Waals surface area contributed by atoms with Crippen LogP contribution in [0.15, 0.2) is 0 Å². The Morgan fingerprint density at radius 1 is 1.14 bits per heavy atom. The largest absolute Gasteiger partial charge is 0.468 e. The van der Waals surface area contributed by atoms with E-state index in [9.17, 15) is 4.79 Å². The summed E-state index contributed by atoms with van der Waals surface area (Å²) in [6, 6.07) is 0. The van der Waals surface area contributed by atoms with Gasteiger partial charge in [-0.05, 0) is 0 Å². The average molecular weight is 199 g/mol. The summed E-state index contributed by atoms with van der Waals surface area (Å²) in [5.41, 5.74) is 4.81. The molecule has 1 aliphatic carbocycles. The lowest BCUT2D eigenvalue weighted by molar-refractivity contribution is -0.138. The lowest BCUT2D eigenvalue weighted by Crippen LogP contribution is -2.14. The van der Waals surface area contributed by atoms with Crippen molar-refractivity contribution in [2.75, 3.05) is 13.7 Å². The summed E-state index contributed by atoms with van der Waals surface area (Å²) in [6.45, 7) is -0.0312. The van der Waals surface area contributed by atoms with E-state index in [-0.39, 0.29) is 12.5 Å². The standard InChI is InChI=1S/C6H12.C3H7NO2.C2H2/c1-2-4-6-5-3-1;1-6-3(5)2-4;1-2/h1-6H2;2,4H2,1H3;1-2H. The number of hydrogen-bond donors (Lipinski definition) is 1. The van der Waals surface area contributed by atoms with Crippen LogP contribution in [0, 0.1) is 12.8 Å². The van der Waals surface area contributed by atoms with E-state index in [2.05, 4.69) is 17.6 Å². The van der Waals surface area contributed by atoms with Crippen LogP contribution in [0.4, 0.5) is 0 Å². The molecule has 0 atom stereocenters. The molecule has 2 N–H and O–H groups in total. The smallest absolute Gasteiger partial charge is 0.319 e. The SMILES string of the molecule is C#C.C1CCCCC1.COC(=O)CN. The Bertz CT molecular complexity index is 122. The molecule has 14 heavy (non-hydrogen) atoms. The third kappa shape index (κ3) is 13.6. The molecule has 1 saturated carbocycles. The van der Waals surface area contributed by atoms with E-state index in [1.165, 1.54) is 45.6 Å². The zero-order valence-electron chi connectivity index (χ0n) is 9.00. The number of hydrogen-bond acceptors (Lipinski definition) is 3. The van der Waals surface area contributed by atoms with Gasteiger partial charge in [-0.15, -0.1) is 12.8 Å². The maximum atomic E-state index is 9.83. The highest BCUT2D eigenvalue weighted by molar-refractivity contribution is 5.70. The molecule has 0 heterocycles. The summed E-state index contributed by atoms with van der Waals surface area (Å²) in [4.78, 5) is 9.83. The van der Waals surface area contributed by atoms with Crippen LogP contribution in [0.2, 0.25) is 0 Å². The lowest BCUT2D eigenvalue weighted by atomic mass is 10.0. The molecule has 0 radical (unpaired) electrons. The fourth-order valence-electron chi connectivity index (χ4n) is 1.14. The molecular weight excluding hydrogens is 178 g/mol. The van der Waals surface area contributed by atoms with Gasteiger partial charge in [-0.3, -0.25) is 4.79 Å². The van der Waals surface area contributed by atoms with Crippen LogP contribution < -0.4 is 5.73 Å². The summed E-state index contributed by atoms with van der Waals surface area (Å²) in [7, 11) is 1.30. The van der Waals surface area contributed by atoms with Crippen LogP contribution in [-0.2, 0) is 9.53 Å². The van der Waals surface area contributed by atoms with Crippen molar-refractivity contribution in [1.29, 1.82) is 0 Å². The van der Waals surface area contributed by atoms with Crippen LogP contribution in [0.1, 0.15) is 38.5 Å². The first-order chi connectivity index (χ1) is 6.81. The normalized spacial score (nSPS) is 13.7. The zero-order chi connectivity index (χ0) is 11.2. The van der Waals surface area contributed by atoms with Gasteiger partial charge < -0.3 is 10.5 Å². The Morgan fingerprint density at radius 3 is 1.50 bits per heavy atom. The summed E-state index contributed by atoms with van der Waals surface area (Å²) in [5.74, 6) is -0.380. The van der Waals surface area contributed by atoms with Crippen molar-refractivity contribution in [3.05, 3.63) is 0 Å². The summed E-state index contributed by atoms with van der Waals surface area (Å²) >= 11 is 0. The predicted molar refractivity (Wildman–Crippen MR) is 58.7 cm³/mol. The Balaban J connectivity index is 0. The van der Waals surface area contributed by atoms with Crippen LogP contribution in [0.3, 0.4) is 0 Å². The quantitative estimate of drug-likeness (QED) is 0.516. The van der Waals surface area contributed by atoms with E-state index in [0.717, 1.165) is 0 Å². The molecule has 0 aliphatic heterocycles. The van der Waals surface area contributed by atoms with Crippen molar-refractivity contribution in [1.82, 2.24) is 0 Å². The maximum absolute atomic E-state index is 9.83. The van der Waals surface area contributed by atoms with E-state index >= 15 is 0 Å². The summed E-state index contributed by atoms with van der Waals surface area (Å²) in [6.07, 6.45) is 17.0. The van der Waals surface area contributed by atoms with Crippen molar-refractivity contribution in [3.8, 4) is 12.8 Å². The van der Waals surface area contributed by atoms with Gasteiger partial charge in [0.2, 0.25) is 0 Å². The molecule has 3 nitrogen and oxygen atoms in total. The van der Waals surface area contributed by atoms with Crippen LogP contribution in [-0.4, -0.2) is 19.6 Å². The molecule has 1 rings (SSSR count). The van der Waals surface area contributed by atoms with Crippen LogP contribution >= 0.6 is 0 Å². The average Bonchev–Trinajstić information content (AvgIpc) is 2.33. The molecule has 0 spiro atoms. The second-order valence-corrected chi connectivity index (χ2v) is 2.90. The van der Waals surface area contributed by atoms with Crippen LogP contribution in [0.5, 0.6) is 0 Å². The van der Waals surface area contributed by atoms with Gasteiger partial charge in [0.05, 0.1) is 13.7 Å². The van der Waals surface area contributed by atoms with Gasteiger partial charge in [-0.25, -0.2) is 0 Å². The third-order valence-electron chi connectivity index (χ3n) is 1.89. The van der Waals surface area contributed by atoms with Gasteiger partial charge in [0.15, 0.2) is 0 Å². The van der Waals surface area contributed by atoms with Gasteiger partial charge in [0.1, 0.15) is 0 Å². The Kier molecular flexibility index (Phi) is 16.0. The Hall–Kier alpha value is -1.01. The minimum Gasteiger partial charge on any atom is -0.468 e. The Labute approximate surface area is 87.0 Å². The molecule has 82 valence electrons. The van der Waals surface area contributed by atoms with E-state index < -0.39 is 0 Å². The first-order valence-electron chi connectivity index (χ1n) is 4.91. The number of methoxy groups -OCH3 is 1. The minimum atomic E-state index is -0.380. The number of terminal acetylenes is 1. The summed E-state index contributed by atoms with van der Waals surface area (Å²) < 4.78 is 4.14. The van der Waals surface area contributed by atoms with E-state index in [1.807, 2.05) is 0 Å². The number of rotatable bonds is 1. The molecule has 0 unspecified atom stereocenters. The molecule has 3 heteroatoms. The number of nitrogens with two attached hydrogens (primary N) is 1. The molecule has 1 fully saturated rings. The highest BCUT2D eigenvalue weighted by Gasteiger charge is 1.95. The van der Waals surface area contributed by atoms with Crippen molar-refractivity contribution in [2.45, 2.75) is 38.5 Å². The number of ether oxygens (including phenoxy) is 1. The van der Waals surface area contributed by atoms with Gasteiger partial charge in [0.25, 0.3) is 0 Å². The highest BCUT2D eigenvalue weighted by atomic mass is 16.5. The number of esters is 1. The number of carbonyl (C=O) groups excluding carboxylic acids is 1. The van der Waals surface area contributed by atoms with Crippen molar-refractivity contribution in [2.24, 2.45) is 5.73 Å². The van der Waals surface area contributed by atoms with Crippen LogP contribution in [0.25, 0.3) is 0 Å².